The van der Waals surface area contributed by atoms with Crippen molar-refractivity contribution in [3.05, 3.63) is 82.1 Å². The summed E-state index contributed by atoms with van der Waals surface area (Å²) in [5.74, 6) is 0. The Kier molecular flexibility index (Phi) is 5.08. The zero-order valence-electron chi connectivity index (χ0n) is 18.3. The molecule has 4 heterocycles. The van der Waals surface area contributed by atoms with Crippen molar-refractivity contribution in [2.75, 3.05) is 0 Å². The van der Waals surface area contributed by atoms with E-state index in [0.717, 1.165) is 53.8 Å². The highest BCUT2D eigenvalue weighted by Gasteiger charge is 2.17. The Hall–Kier alpha value is -4.02. The molecule has 166 valence electrons. The maximum Gasteiger partial charge on any atom is 0.213 e. The number of hydrogen-bond acceptors (Lipinski definition) is 8. The lowest BCUT2D eigenvalue weighted by Gasteiger charge is -1.99. The molecule has 2 aromatic carbocycles. The van der Waals surface area contributed by atoms with Crippen LogP contribution < -0.4 is 0 Å². The van der Waals surface area contributed by atoms with E-state index in [1.807, 2.05) is 83.5 Å². The lowest BCUT2D eigenvalue weighted by atomic mass is 10.1. The molecular formula is C24H18N8S2. The van der Waals surface area contributed by atoms with Crippen LogP contribution in [0.25, 0.3) is 32.4 Å². The maximum absolute atomic E-state index is 4.78. The Morgan fingerprint density at radius 1 is 0.647 bits per heavy atom. The average molecular weight is 483 g/mol. The van der Waals surface area contributed by atoms with Crippen molar-refractivity contribution in [3.8, 4) is 22.5 Å². The average Bonchev–Trinajstić information content (AvgIpc) is 3.57. The van der Waals surface area contributed by atoms with Crippen LogP contribution in [0.1, 0.15) is 21.4 Å². The molecule has 0 radical (unpaired) electrons. The van der Waals surface area contributed by atoms with E-state index in [9.17, 15) is 0 Å². The summed E-state index contributed by atoms with van der Waals surface area (Å²) in [6, 6.07) is 20.0. The fourth-order valence-electron chi connectivity index (χ4n) is 3.74. The van der Waals surface area contributed by atoms with Gasteiger partial charge in [-0.25, -0.2) is 19.0 Å². The van der Waals surface area contributed by atoms with Crippen LogP contribution in [0, 0.1) is 13.8 Å². The molecule has 0 aliphatic carbocycles. The molecule has 0 bridgehead atoms. The van der Waals surface area contributed by atoms with Gasteiger partial charge in [0.25, 0.3) is 0 Å². The van der Waals surface area contributed by atoms with Gasteiger partial charge in [0.2, 0.25) is 9.92 Å². The quantitative estimate of drug-likeness (QED) is 0.247. The number of hydrogen-bond donors (Lipinski definition) is 0. The summed E-state index contributed by atoms with van der Waals surface area (Å²) in [7, 11) is 0. The van der Waals surface area contributed by atoms with Crippen LogP contribution in [0.15, 0.2) is 70.9 Å². The number of nitrogens with zero attached hydrogens (tertiary/aromatic N) is 8. The molecule has 0 atom stereocenters. The van der Waals surface area contributed by atoms with Crippen molar-refractivity contribution in [1.82, 2.24) is 29.2 Å². The Morgan fingerprint density at radius 2 is 1.06 bits per heavy atom. The number of aromatic nitrogens is 6. The van der Waals surface area contributed by atoms with Crippen LogP contribution in [0.5, 0.6) is 0 Å². The third-order valence-corrected chi connectivity index (χ3v) is 6.85. The standard InChI is InChI=1S/C24H18N8S2/c1-15-29-31-19(21(27-23(31)33-15)17-9-5-3-6-10-17)13-25-26-14-20-22(18-11-7-4-8-12-18)28-24-32(20)30-16(2)34-24/h3-14H,1-2H3/b25-13+,26-14+. The molecule has 10 heteroatoms. The van der Waals surface area contributed by atoms with Crippen LogP contribution in [0.3, 0.4) is 0 Å². The van der Waals surface area contributed by atoms with Crippen LogP contribution in [0.2, 0.25) is 0 Å². The third kappa shape index (κ3) is 3.62. The van der Waals surface area contributed by atoms with E-state index in [4.69, 9.17) is 9.97 Å². The Morgan fingerprint density at radius 3 is 1.47 bits per heavy atom. The molecule has 0 spiro atoms. The minimum absolute atomic E-state index is 0.786. The monoisotopic (exact) mass is 482 g/mol. The first kappa shape index (κ1) is 20.6. The van der Waals surface area contributed by atoms with Gasteiger partial charge in [0.1, 0.15) is 32.8 Å². The van der Waals surface area contributed by atoms with E-state index in [-0.39, 0.29) is 0 Å². The highest BCUT2D eigenvalue weighted by Crippen LogP contribution is 2.27. The van der Waals surface area contributed by atoms with Gasteiger partial charge in [-0.15, -0.1) is 0 Å². The zero-order valence-corrected chi connectivity index (χ0v) is 20.0. The van der Waals surface area contributed by atoms with Crippen LogP contribution in [-0.2, 0) is 0 Å². The molecule has 0 amide bonds. The normalized spacial score (nSPS) is 12.2. The highest BCUT2D eigenvalue weighted by atomic mass is 32.1. The fraction of sp³-hybridized carbons (Fsp3) is 0.0833. The lowest BCUT2D eigenvalue weighted by molar-refractivity contribution is 0.936. The maximum atomic E-state index is 4.78. The molecule has 0 saturated heterocycles. The Labute approximate surface area is 202 Å². The number of fused-ring (bicyclic) bond motifs is 2. The molecule has 0 aliphatic rings. The predicted octanol–water partition coefficient (Wildman–Crippen LogP) is 5.30. The molecule has 4 aromatic heterocycles. The minimum atomic E-state index is 0.786. The summed E-state index contributed by atoms with van der Waals surface area (Å²) in [6.45, 7) is 3.93. The first-order chi connectivity index (χ1) is 16.7. The van der Waals surface area contributed by atoms with Crippen LogP contribution in [-0.4, -0.2) is 41.6 Å². The van der Waals surface area contributed by atoms with Gasteiger partial charge in [-0.2, -0.15) is 20.4 Å². The molecule has 0 aliphatic heterocycles. The third-order valence-electron chi connectivity index (χ3n) is 5.20. The molecule has 0 fully saturated rings. The van der Waals surface area contributed by atoms with Crippen molar-refractivity contribution < 1.29 is 0 Å². The van der Waals surface area contributed by atoms with E-state index < -0.39 is 0 Å². The van der Waals surface area contributed by atoms with E-state index in [1.165, 1.54) is 0 Å². The molecule has 8 nitrogen and oxygen atoms in total. The molecule has 0 N–H and O–H groups in total. The van der Waals surface area contributed by atoms with Gasteiger partial charge >= 0.3 is 0 Å². The van der Waals surface area contributed by atoms with Crippen molar-refractivity contribution in [2.24, 2.45) is 10.2 Å². The van der Waals surface area contributed by atoms with Gasteiger partial charge in [-0.3, -0.25) is 0 Å². The topological polar surface area (TPSA) is 85.1 Å². The second kappa shape index (κ2) is 8.40. The van der Waals surface area contributed by atoms with Crippen molar-refractivity contribution >= 4 is 45.0 Å². The van der Waals surface area contributed by atoms with Gasteiger partial charge in [-0.05, 0) is 13.8 Å². The summed E-state index contributed by atoms with van der Waals surface area (Å²) in [4.78, 5) is 11.2. The predicted molar refractivity (Wildman–Crippen MR) is 137 cm³/mol. The molecule has 0 unspecified atom stereocenters. The lowest BCUT2D eigenvalue weighted by Crippen LogP contribution is -1.96. The van der Waals surface area contributed by atoms with Gasteiger partial charge < -0.3 is 0 Å². The zero-order chi connectivity index (χ0) is 23.1. The number of benzene rings is 2. The first-order valence-corrected chi connectivity index (χ1v) is 12.2. The molecular weight excluding hydrogens is 464 g/mol. The van der Waals surface area contributed by atoms with Gasteiger partial charge in [0, 0.05) is 11.1 Å². The van der Waals surface area contributed by atoms with Gasteiger partial charge in [0.05, 0.1) is 12.4 Å². The van der Waals surface area contributed by atoms with E-state index in [2.05, 4.69) is 20.4 Å². The van der Waals surface area contributed by atoms with Crippen LogP contribution in [0.4, 0.5) is 0 Å². The summed E-state index contributed by atoms with van der Waals surface area (Å²) >= 11 is 3.09. The Bertz CT molecular complexity index is 1540. The minimum Gasteiger partial charge on any atom is -0.217 e. The SMILES string of the molecule is Cc1nn2c(/C=N/N=C/c3c(-c4ccccc4)nc4sc(C)nn34)c(-c3ccccc3)nc2s1. The largest absolute Gasteiger partial charge is 0.217 e. The fourth-order valence-corrected chi connectivity index (χ4v) is 5.24. The number of aryl methyl sites for hydroxylation is 2. The van der Waals surface area contributed by atoms with Crippen molar-refractivity contribution in [3.63, 3.8) is 0 Å². The number of imidazole rings is 2. The summed E-state index contributed by atoms with van der Waals surface area (Å²) in [6.07, 6.45) is 3.40. The van der Waals surface area contributed by atoms with Crippen LogP contribution >= 0.6 is 22.7 Å². The van der Waals surface area contributed by atoms with Gasteiger partial charge in [-0.1, -0.05) is 83.3 Å². The van der Waals surface area contributed by atoms with E-state index in [1.54, 1.807) is 35.1 Å². The smallest absolute Gasteiger partial charge is 0.213 e. The highest BCUT2D eigenvalue weighted by molar-refractivity contribution is 7.16. The van der Waals surface area contributed by atoms with Crippen molar-refractivity contribution in [2.45, 2.75) is 13.8 Å². The summed E-state index contributed by atoms with van der Waals surface area (Å²) in [5.41, 5.74) is 5.23. The van der Waals surface area contributed by atoms with Crippen molar-refractivity contribution in [1.29, 1.82) is 0 Å². The second-order valence-electron chi connectivity index (χ2n) is 7.54. The second-order valence-corrected chi connectivity index (χ2v) is 9.86. The van der Waals surface area contributed by atoms with E-state index in [0.29, 0.717) is 0 Å². The van der Waals surface area contributed by atoms with E-state index >= 15 is 0 Å². The summed E-state index contributed by atoms with van der Waals surface area (Å²) in [5, 5.41) is 19.8. The molecule has 34 heavy (non-hydrogen) atoms. The Balaban J connectivity index is 1.41. The van der Waals surface area contributed by atoms with Gasteiger partial charge in [0.15, 0.2) is 0 Å². The number of rotatable bonds is 5. The molecule has 6 rings (SSSR count). The molecule has 6 aromatic rings. The summed E-state index contributed by atoms with van der Waals surface area (Å²) < 4.78 is 3.63. The molecule has 0 saturated carbocycles. The first-order valence-electron chi connectivity index (χ1n) is 10.6.